The Morgan fingerprint density at radius 1 is 1.39 bits per heavy atom. The van der Waals surface area contributed by atoms with Gasteiger partial charge in [0.25, 0.3) is 0 Å². The Kier molecular flexibility index (Phi) is 2.93. The van der Waals surface area contributed by atoms with Crippen molar-refractivity contribution < 1.29 is 5.11 Å². The minimum Gasteiger partial charge on any atom is -0.384 e. The first kappa shape index (κ1) is 12.2. The van der Waals surface area contributed by atoms with Crippen LogP contribution in [0.4, 0.5) is 0 Å². The number of fused-ring (bicyclic) bond motifs is 1. The summed E-state index contributed by atoms with van der Waals surface area (Å²) in [6.45, 7) is 1.93. The molecule has 0 radical (unpaired) electrons. The van der Waals surface area contributed by atoms with E-state index in [1.165, 1.54) is 22.9 Å². The smallest absolute Gasteiger partial charge is 0.102 e. The third-order valence-corrected chi connectivity index (χ3v) is 4.93. The summed E-state index contributed by atoms with van der Waals surface area (Å²) < 4.78 is 1.25. The first-order valence-corrected chi connectivity index (χ1v) is 7.38. The first-order valence-electron chi connectivity index (χ1n) is 6.50. The van der Waals surface area contributed by atoms with E-state index >= 15 is 0 Å². The Labute approximate surface area is 112 Å². The van der Waals surface area contributed by atoms with Crippen LogP contribution in [0.5, 0.6) is 0 Å². The van der Waals surface area contributed by atoms with Gasteiger partial charge < -0.3 is 10.4 Å². The first-order chi connectivity index (χ1) is 8.63. The number of likely N-dealkylation sites (N-methyl/N-ethyl adjacent to an activating group) is 1. The van der Waals surface area contributed by atoms with Gasteiger partial charge in [0.15, 0.2) is 0 Å². The molecular formula is C15H19NOS. The number of hydrogen-bond acceptors (Lipinski definition) is 3. The van der Waals surface area contributed by atoms with Crippen molar-refractivity contribution in [1.29, 1.82) is 0 Å². The minimum absolute atomic E-state index is 0.148. The monoisotopic (exact) mass is 261 g/mol. The maximum atomic E-state index is 10.9. The van der Waals surface area contributed by atoms with E-state index in [-0.39, 0.29) is 6.04 Å². The van der Waals surface area contributed by atoms with Gasteiger partial charge in [-0.05, 0) is 61.2 Å². The predicted octanol–water partition coefficient (Wildman–Crippen LogP) is 3.11. The fraction of sp³-hybridized carbons (Fsp3) is 0.467. The summed E-state index contributed by atoms with van der Waals surface area (Å²) in [7, 11) is 1.95. The second-order valence-corrected chi connectivity index (χ2v) is 6.37. The van der Waals surface area contributed by atoms with E-state index in [4.69, 9.17) is 0 Å². The van der Waals surface area contributed by atoms with Crippen molar-refractivity contribution in [3.63, 3.8) is 0 Å². The fourth-order valence-corrected chi connectivity index (χ4v) is 3.68. The van der Waals surface area contributed by atoms with Gasteiger partial charge in [-0.15, -0.1) is 11.3 Å². The van der Waals surface area contributed by atoms with E-state index in [0.717, 1.165) is 5.56 Å². The molecule has 0 aliphatic heterocycles. The highest BCUT2D eigenvalue weighted by Crippen LogP contribution is 2.41. The van der Waals surface area contributed by atoms with E-state index in [0.29, 0.717) is 5.92 Å². The lowest BCUT2D eigenvalue weighted by Gasteiger charge is -2.33. The maximum Gasteiger partial charge on any atom is 0.102 e. The molecule has 1 aliphatic carbocycles. The van der Waals surface area contributed by atoms with Gasteiger partial charge in [-0.1, -0.05) is 12.1 Å². The predicted molar refractivity (Wildman–Crippen MR) is 77.0 cm³/mol. The molecule has 1 aliphatic rings. The van der Waals surface area contributed by atoms with Gasteiger partial charge in [0.2, 0.25) is 0 Å². The number of thiophene rings is 1. The Hall–Kier alpha value is -0.900. The summed E-state index contributed by atoms with van der Waals surface area (Å²) >= 11 is 1.73. The molecule has 3 heteroatoms. The van der Waals surface area contributed by atoms with Crippen molar-refractivity contribution in [2.75, 3.05) is 7.05 Å². The topological polar surface area (TPSA) is 32.3 Å². The molecule has 18 heavy (non-hydrogen) atoms. The lowest BCUT2D eigenvalue weighted by atomic mass is 9.85. The highest BCUT2D eigenvalue weighted by Gasteiger charge is 2.42. The lowest BCUT2D eigenvalue weighted by Crippen LogP contribution is -2.46. The van der Waals surface area contributed by atoms with Crippen LogP contribution in [0.15, 0.2) is 29.6 Å². The number of aliphatic hydroxyl groups is 1. The molecule has 2 nitrogen and oxygen atoms in total. The molecular weight excluding hydrogens is 242 g/mol. The van der Waals surface area contributed by atoms with Crippen LogP contribution in [-0.4, -0.2) is 18.2 Å². The van der Waals surface area contributed by atoms with Crippen LogP contribution in [0, 0.1) is 5.92 Å². The summed E-state index contributed by atoms with van der Waals surface area (Å²) in [5.41, 5.74) is 0.220. The van der Waals surface area contributed by atoms with Crippen molar-refractivity contribution in [3.8, 4) is 0 Å². The number of rotatable bonds is 4. The fourth-order valence-electron chi connectivity index (χ4n) is 2.85. The highest BCUT2D eigenvalue weighted by atomic mass is 32.1. The SMILES string of the molecule is CNC(C1CC1)C(C)(O)c1ccc2ccsc2c1. The zero-order valence-corrected chi connectivity index (χ0v) is 11.6. The molecule has 0 spiro atoms. The summed E-state index contributed by atoms with van der Waals surface area (Å²) in [5.74, 6) is 0.615. The van der Waals surface area contributed by atoms with Crippen LogP contribution < -0.4 is 5.32 Å². The summed E-state index contributed by atoms with van der Waals surface area (Å²) in [5, 5.41) is 17.5. The Morgan fingerprint density at radius 3 is 2.83 bits per heavy atom. The second-order valence-electron chi connectivity index (χ2n) is 5.42. The Bertz CT molecular complexity index is 556. The number of nitrogens with one attached hydrogen (secondary N) is 1. The van der Waals surface area contributed by atoms with Crippen LogP contribution in [0.2, 0.25) is 0 Å². The van der Waals surface area contributed by atoms with E-state index in [1.54, 1.807) is 11.3 Å². The molecule has 2 N–H and O–H groups in total. The van der Waals surface area contributed by atoms with Crippen LogP contribution in [0.3, 0.4) is 0 Å². The lowest BCUT2D eigenvalue weighted by molar-refractivity contribution is 0.00980. The van der Waals surface area contributed by atoms with Gasteiger partial charge in [-0.3, -0.25) is 0 Å². The van der Waals surface area contributed by atoms with E-state index in [2.05, 4.69) is 35.0 Å². The Balaban J connectivity index is 1.99. The van der Waals surface area contributed by atoms with Crippen molar-refractivity contribution >= 4 is 21.4 Å². The molecule has 0 saturated heterocycles. The van der Waals surface area contributed by atoms with Crippen molar-refractivity contribution in [2.24, 2.45) is 5.92 Å². The normalized spacial score (nSPS) is 20.8. The zero-order valence-electron chi connectivity index (χ0n) is 10.8. The molecule has 2 atom stereocenters. The molecule has 1 heterocycles. The largest absolute Gasteiger partial charge is 0.384 e. The quantitative estimate of drug-likeness (QED) is 0.886. The average Bonchev–Trinajstić information content (AvgIpc) is 3.06. The van der Waals surface area contributed by atoms with Crippen LogP contribution in [0.25, 0.3) is 10.1 Å². The van der Waals surface area contributed by atoms with Gasteiger partial charge in [0.1, 0.15) is 5.60 Å². The molecule has 1 aromatic carbocycles. The molecule has 1 fully saturated rings. The molecule has 3 rings (SSSR count). The van der Waals surface area contributed by atoms with E-state index in [1.807, 2.05) is 14.0 Å². The molecule has 0 bridgehead atoms. The van der Waals surface area contributed by atoms with Crippen LogP contribution in [0.1, 0.15) is 25.3 Å². The molecule has 96 valence electrons. The zero-order chi connectivity index (χ0) is 12.8. The highest BCUT2D eigenvalue weighted by molar-refractivity contribution is 7.17. The third-order valence-electron chi connectivity index (χ3n) is 4.05. The molecule has 0 amide bonds. The summed E-state index contributed by atoms with van der Waals surface area (Å²) in [4.78, 5) is 0. The average molecular weight is 261 g/mol. The van der Waals surface area contributed by atoms with Crippen molar-refractivity contribution in [3.05, 3.63) is 35.2 Å². The summed E-state index contributed by atoms with van der Waals surface area (Å²) in [6, 6.07) is 8.56. The van der Waals surface area contributed by atoms with Crippen LogP contribution in [-0.2, 0) is 5.60 Å². The van der Waals surface area contributed by atoms with E-state index < -0.39 is 5.60 Å². The van der Waals surface area contributed by atoms with Gasteiger partial charge in [0.05, 0.1) is 0 Å². The van der Waals surface area contributed by atoms with Crippen molar-refractivity contribution in [2.45, 2.75) is 31.4 Å². The minimum atomic E-state index is -0.798. The molecule has 1 aromatic heterocycles. The van der Waals surface area contributed by atoms with Gasteiger partial charge >= 0.3 is 0 Å². The maximum absolute atomic E-state index is 10.9. The van der Waals surface area contributed by atoms with Gasteiger partial charge in [-0.25, -0.2) is 0 Å². The second kappa shape index (κ2) is 4.34. The van der Waals surface area contributed by atoms with Crippen molar-refractivity contribution in [1.82, 2.24) is 5.32 Å². The van der Waals surface area contributed by atoms with Gasteiger partial charge in [-0.2, -0.15) is 0 Å². The molecule has 2 unspecified atom stereocenters. The Morgan fingerprint density at radius 2 is 2.17 bits per heavy atom. The van der Waals surface area contributed by atoms with Crippen LogP contribution >= 0.6 is 11.3 Å². The number of hydrogen-bond donors (Lipinski definition) is 2. The van der Waals surface area contributed by atoms with E-state index in [9.17, 15) is 5.11 Å². The third kappa shape index (κ3) is 1.96. The molecule has 1 saturated carbocycles. The summed E-state index contributed by atoms with van der Waals surface area (Å²) in [6.07, 6.45) is 2.45. The standard InChI is InChI=1S/C15H19NOS/c1-15(17,14(16-2)11-3-4-11)12-6-5-10-7-8-18-13(10)9-12/h5-9,11,14,16-17H,3-4H2,1-2H3. The number of benzene rings is 1. The van der Waals surface area contributed by atoms with Gasteiger partial charge in [0, 0.05) is 10.7 Å². The molecule has 2 aromatic rings.